The molecule has 2 aliphatic heterocycles. The second-order valence-corrected chi connectivity index (χ2v) is 5.68. The molecule has 0 atom stereocenters. The Morgan fingerprint density at radius 3 is 2.29 bits per heavy atom. The molecule has 0 aromatic heterocycles. The van der Waals surface area contributed by atoms with Gasteiger partial charge in [0.1, 0.15) is 5.82 Å². The summed E-state index contributed by atoms with van der Waals surface area (Å²) in [6, 6.07) is 6.56. The topological polar surface area (TPSA) is 32.8 Å². The lowest BCUT2D eigenvalue weighted by Gasteiger charge is -2.38. The molecule has 4 nitrogen and oxygen atoms in total. The second-order valence-electron chi connectivity index (χ2n) is 5.68. The van der Waals surface area contributed by atoms with Crippen LogP contribution in [0.15, 0.2) is 24.3 Å². The first kappa shape index (κ1) is 14.3. The summed E-state index contributed by atoms with van der Waals surface area (Å²) in [4.78, 5) is 16.6. The lowest BCUT2D eigenvalue weighted by Crippen LogP contribution is -2.51. The zero-order valence-corrected chi connectivity index (χ0v) is 12.1. The maximum Gasteiger partial charge on any atom is 0.225 e. The molecule has 1 aromatic carbocycles. The van der Waals surface area contributed by atoms with Crippen molar-refractivity contribution in [3.8, 4) is 0 Å². The highest BCUT2D eigenvalue weighted by Crippen LogP contribution is 2.21. The summed E-state index contributed by atoms with van der Waals surface area (Å²) < 4.78 is 18.3. The monoisotopic (exact) mass is 292 g/mol. The number of benzene rings is 1. The van der Waals surface area contributed by atoms with Crippen molar-refractivity contribution in [2.45, 2.75) is 12.8 Å². The molecule has 0 unspecified atom stereocenters. The van der Waals surface area contributed by atoms with E-state index in [0.29, 0.717) is 13.2 Å². The van der Waals surface area contributed by atoms with Gasteiger partial charge >= 0.3 is 0 Å². The van der Waals surface area contributed by atoms with E-state index < -0.39 is 0 Å². The highest BCUT2D eigenvalue weighted by atomic mass is 19.1. The van der Waals surface area contributed by atoms with Crippen molar-refractivity contribution in [3.05, 3.63) is 30.1 Å². The van der Waals surface area contributed by atoms with Gasteiger partial charge in [0.05, 0.1) is 0 Å². The van der Waals surface area contributed by atoms with Crippen LogP contribution in [0, 0.1) is 11.7 Å². The van der Waals surface area contributed by atoms with Crippen molar-refractivity contribution in [3.63, 3.8) is 0 Å². The maximum absolute atomic E-state index is 12.9. The predicted molar refractivity (Wildman–Crippen MR) is 78.7 cm³/mol. The van der Waals surface area contributed by atoms with Crippen molar-refractivity contribution in [1.82, 2.24) is 4.90 Å². The smallest absolute Gasteiger partial charge is 0.225 e. The van der Waals surface area contributed by atoms with Crippen molar-refractivity contribution >= 4 is 11.6 Å². The molecule has 114 valence electrons. The van der Waals surface area contributed by atoms with Crippen molar-refractivity contribution in [2.24, 2.45) is 5.92 Å². The highest BCUT2D eigenvalue weighted by Gasteiger charge is 2.28. The third-order valence-electron chi connectivity index (χ3n) is 4.35. The fourth-order valence-electron chi connectivity index (χ4n) is 3.04. The SMILES string of the molecule is O=C(C1CCOCC1)N1CCN(c2ccc(F)cc2)CC1. The van der Waals surface area contributed by atoms with Crippen LogP contribution in [0.5, 0.6) is 0 Å². The third-order valence-corrected chi connectivity index (χ3v) is 4.35. The van der Waals surface area contributed by atoms with Gasteiger partial charge in [-0.3, -0.25) is 4.79 Å². The molecule has 2 aliphatic rings. The number of piperazine rings is 1. The van der Waals surface area contributed by atoms with Gasteiger partial charge in [0.2, 0.25) is 5.91 Å². The molecule has 2 fully saturated rings. The minimum absolute atomic E-state index is 0.135. The second kappa shape index (κ2) is 6.43. The van der Waals surface area contributed by atoms with Crippen LogP contribution < -0.4 is 4.90 Å². The fourth-order valence-corrected chi connectivity index (χ4v) is 3.04. The first-order valence-electron chi connectivity index (χ1n) is 7.61. The molecule has 1 amide bonds. The lowest BCUT2D eigenvalue weighted by molar-refractivity contribution is -0.138. The molecular formula is C16H21FN2O2. The number of anilines is 1. The van der Waals surface area contributed by atoms with Crippen LogP contribution in [0.1, 0.15) is 12.8 Å². The zero-order chi connectivity index (χ0) is 14.7. The van der Waals surface area contributed by atoms with Gasteiger partial charge < -0.3 is 14.5 Å². The van der Waals surface area contributed by atoms with Gasteiger partial charge in [-0.1, -0.05) is 0 Å². The Kier molecular flexibility index (Phi) is 4.39. The lowest BCUT2D eigenvalue weighted by atomic mass is 9.98. The molecule has 0 N–H and O–H groups in total. The first-order valence-corrected chi connectivity index (χ1v) is 7.61. The number of amides is 1. The summed E-state index contributed by atoms with van der Waals surface area (Å²) in [5.41, 5.74) is 1.02. The van der Waals surface area contributed by atoms with E-state index in [0.717, 1.165) is 44.7 Å². The summed E-state index contributed by atoms with van der Waals surface area (Å²) in [7, 11) is 0. The Morgan fingerprint density at radius 1 is 1.05 bits per heavy atom. The van der Waals surface area contributed by atoms with E-state index in [-0.39, 0.29) is 17.6 Å². The third kappa shape index (κ3) is 3.35. The van der Waals surface area contributed by atoms with E-state index in [9.17, 15) is 9.18 Å². The number of carbonyl (C=O) groups is 1. The fraction of sp³-hybridized carbons (Fsp3) is 0.562. The van der Waals surface area contributed by atoms with Crippen molar-refractivity contribution < 1.29 is 13.9 Å². The summed E-state index contributed by atoms with van der Waals surface area (Å²) in [5.74, 6) is 0.195. The van der Waals surface area contributed by atoms with E-state index in [2.05, 4.69) is 4.90 Å². The zero-order valence-electron chi connectivity index (χ0n) is 12.1. The van der Waals surface area contributed by atoms with Crippen LogP contribution in [-0.4, -0.2) is 50.2 Å². The van der Waals surface area contributed by atoms with Crippen LogP contribution in [0.25, 0.3) is 0 Å². The molecule has 3 rings (SSSR count). The molecule has 2 heterocycles. The van der Waals surface area contributed by atoms with E-state index in [1.165, 1.54) is 12.1 Å². The Hall–Kier alpha value is -1.62. The van der Waals surface area contributed by atoms with E-state index >= 15 is 0 Å². The van der Waals surface area contributed by atoms with Crippen molar-refractivity contribution in [2.75, 3.05) is 44.3 Å². The van der Waals surface area contributed by atoms with E-state index in [1.807, 2.05) is 4.90 Å². The van der Waals surface area contributed by atoms with Gasteiger partial charge in [-0.25, -0.2) is 4.39 Å². The molecule has 0 bridgehead atoms. The number of rotatable bonds is 2. The van der Waals surface area contributed by atoms with Gasteiger partial charge in [0, 0.05) is 51.0 Å². The Labute approximate surface area is 124 Å². The summed E-state index contributed by atoms with van der Waals surface area (Å²) in [6.07, 6.45) is 1.69. The minimum atomic E-state index is -0.216. The van der Waals surface area contributed by atoms with Gasteiger partial charge in [0.15, 0.2) is 0 Å². The molecule has 0 saturated carbocycles. The molecule has 0 radical (unpaired) electrons. The molecule has 21 heavy (non-hydrogen) atoms. The molecule has 0 aliphatic carbocycles. The van der Waals surface area contributed by atoms with Crippen LogP contribution in [0.2, 0.25) is 0 Å². The maximum atomic E-state index is 12.9. The number of hydrogen-bond acceptors (Lipinski definition) is 3. The average Bonchev–Trinajstić information content (AvgIpc) is 2.56. The largest absolute Gasteiger partial charge is 0.381 e. The van der Waals surface area contributed by atoms with Gasteiger partial charge in [-0.2, -0.15) is 0 Å². The van der Waals surface area contributed by atoms with Gasteiger partial charge in [0.25, 0.3) is 0 Å². The number of nitrogens with zero attached hydrogens (tertiary/aromatic N) is 2. The molecular weight excluding hydrogens is 271 g/mol. The minimum Gasteiger partial charge on any atom is -0.381 e. The molecule has 5 heteroatoms. The summed E-state index contributed by atoms with van der Waals surface area (Å²) in [5, 5.41) is 0. The summed E-state index contributed by atoms with van der Waals surface area (Å²) >= 11 is 0. The Bertz CT molecular complexity index is 478. The summed E-state index contributed by atoms with van der Waals surface area (Å²) in [6.45, 7) is 4.50. The standard InChI is InChI=1S/C16H21FN2O2/c17-14-1-3-15(4-2-14)18-7-9-19(10-8-18)16(20)13-5-11-21-12-6-13/h1-4,13H,5-12H2. The van der Waals surface area contributed by atoms with Crippen LogP contribution >= 0.6 is 0 Å². The molecule has 0 spiro atoms. The Morgan fingerprint density at radius 2 is 1.67 bits per heavy atom. The van der Waals surface area contributed by atoms with Crippen molar-refractivity contribution in [1.29, 1.82) is 0 Å². The molecule has 1 aromatic rings. The van der Waals surface area contributed by atoms with Crippen LogP contribution in [0.3, 0.4) is 0 Å². The van der Waals surface area contributed by atoms with Gasteiger partial charge in [-0.05, 0) is 37.1 Å². The van der Waals surface area contributed by atoms with Crippen LogP contribution in [0.4, 0.5) is 10.1 Å². The molecule has 2 saturated heterocycles. The average molecular weight is 292 g/mol. The number of ether oxygens (including phenoxy) is 1. The Balaban J connectivity index is 1.54. The first-order chi connectivity index (χ1) is 10.2. The normalized spacial score (nSPS) is 20.6. The van der Waals surface area contributed by atoms with E-state index in [1.54, 1.807) is 12.1 Å². The van der Waals surface area contributed by atoms with E-state index in [4.69, 9.17) is 4.74 Å². The number of carbonyl (C=O) groups excluding carboxylic acids is 1. The predicted octanol–water partition coefficient (Wildman–Crippen LogP) is 1.90. The van der Waals surface area contributed by atoms with Crippen LogP contribution in [-0.2, 0) is 9.53 Å². The van der Waals surface area contributed by atoms with Gasteiger partial charge in [-0.15, -0.1) is 0 Å². The quantitative estimate of drug-likeness (QED) is 0.834. The highest BCUT2D eigenvalue weighted by molar-refractivity contribution is 5.79. The number of halogens is 1. The number of hydrogen-bond donors (Lipinski definition) is 0.